The molecular weight excluding hydrogens is 323 g/mol. The number of carbonyl (C=O) groups is 1. The summed E-state index contributed by atoms with van der Waals surface area (Å²) < 4.78 is 14.7. The molecule has 0 saturated carbocycles. The Morgan fingerprint density at radius 1 is 1.12 bits per heavy atom. The van der Waals surface area contributed by atoms with Crippen molar-refractivity contribution in [1.82, 2.24) is 14.5 Å². The molecule has 0 amide bonds. The number of hydrogen-bond donors (Lipinski definition) is 2. The second kappa shape index (κ2) is 5.55. The minimum Gasteiger partial charge on any atom is -0.480 e. The van der Waals surface area contributed by atoms with Gasteiger partial charge in [0.1, 0.15) is 30.2 Å². The Kier molecular flexibility index (Phi) is 3.35. The molecule has 7 heteroatoms. The number of aliphatic carboxylic acids is 1. The van der Waals surface area contributed by atoms with Gasteiger partial charge in [0.25, 0.3) is 0 Å². The number of aromatic nitrogens is 3. The van der Waals surface area contributed by atoms with Crippen molar-refractivity contribution in [3.8, 4) is 11.1 Å². The summed E-state index contributed by atoms with van der Waals surface area (Å²) in [6.45, 7) is -0.230. The molecule has 0 aliphatic heterocycles. The van der Waals surface area contributed by atoms with Gasteiger partial charge in [-0.25, -0.2) is 14.4 Å². The van der Waals surface area contributed by atoms with Crippen LogP contribution in [0.5, 0.6) is 0 Å². The van der Waals surface area contributed by atoms with Crippen molar-refractivity contribution < 1.29 is 14.3 Å². The molecule has 2 heterocycles. The highest BCUT2D eigenvalue weighted by Gasteiger charge is 2.17. The van der Waals surface area contributed by atoms with Crippen molar-refractivity contribution in [2.45, 2.75) is 6.54 Å². The largest absolute Gasteiger partial charge is 0.480 e. The molecule has 4 rings (SSSR count). The van der Waals surface area contributed by atoms with Crippen LogP contribution in [0.3, 0.4) is 0 Å². The minimum atomic E-state index is -0.974. The van der Waals surface area contributed by atoms with Crippen LogP contribution in [0.2, 0.25) is 0 Å². The van der Waals surface area contributed by atoms with E-state index in [9.17, 15) is 14.3 Å². The highest BCUT2D eigenvalue weighted by Crippen LogP contribution is 2.33. The molecule has 124 valence electrons. The predicted octanol–water partition coefficient (Wildman–Crippen LogP) is 3.06. The molecular formula is C18H13FN4O2. The minimum absolute atomic E-state index is 0.230. The van der Waals surface area contributed by atoms with Crippen LogP contribution in [0.25, 0.3) is 33.1 Å². The highest BCUT2D eigenvalue weighted by atomic mass is 19.1. The first-order valence-corrected chi connectivity index (χ1v) is 7.55. The first-order valence-electron chi connectivity index (χ1n) is 7.55. The molecule has 0 fully saturated rings. The average molecular weight is 336 g/mol. The Labute approximate surface area is 141 Å². The fraction of sp³-hybridized carbons (Fsp3) is 0.0556. The number of nitrogens with two attached hydrogens (primary N) is 1. The number of benzene rings is 2. The van der Waals surface area contributed by atoms with E-state index in [0.717, 1.165) is 16.5 Å². The molecule has 0 saturated heterocycles. The van der Waals surface area contributed by atoms with Crippen LogP contribution in [0, 0.1) is 5.82 Å². The average Bonchev–Trinajstić information content (AvgIpc) is 2.90. The Balaban J connectivity index is 2.02. The van der Waals surface area contributed by atoms with E-state index in [4.69, 9.17) is 5.73 Å². The summed E-state index contributed by atoms with van der Waals surface area (Å²) in [5.41, 5.74) is 8.90. The molecule has 0 aliphatic carbocycles. The lowest BCUT2D eigenvalue weighted by Gasteiger charge is -2.05. The van der Waals surface area contributed by atoms with Crippen LogP contribution in [-0.2, 0) is 11.3 Å². The highest BCUT2D eigenvalue weighted by molar-refractivity contribution is 6.12. The molecule has 3 N–H and O–H groups in total. The van der Waals surface area contributed by atoms with Gasteiger partial charge in [0.15, 0.2) is 0 Å². The standard InChI is InChI=1S/C18H13FN4O2/c19-12-4-1-10(2-5-12)11-3-6-14-13(7-11)16-17(20)21-9-22-18(16)23(14)8-15(24)25/h1-7,9H,8H2,(H,24,25)(H2,20,21,22). The van der Waals surface area contributed by atoms with Gasteiger partial charge in [-0.05, 0) is 35.4 Å². The summed E-state index contributed by atoms with van der Waals surface area (Å²) in [5.74, 6) is -0.991. The zero-order chi connectivity index (χ0) is 17.6. The van der Waals surface area contributed by atoms with Gasteiger partial charge in [0.2, 0.25) is 0 Å². The van der Waals surface area contributed by atoms with E-state index in [0.29, 0.717) is 16.6 Å². The van der Waals surface area contributed by atoms with Gasteiger partial charge < -0.3 is 15.4 Å². The van der Waals surface area contributed by atoms with E-state index in [-0.39, 0.29) is 18.2 Å². The number of nitrogens with zero attached hydrogens (tertiary/aromatic N) is 3. The van der Waals surface area contributed by atoms with Gasteiger partial charge in [-0.2, -0.15) is 0 Å². The summed E-state index contributed by atoms with van der Waals surface area (Å²) in [6, 6.07) is 11.7. The van der Waals surface area contributed by atoms with Crippen LogP contribution in [0.4, 0.5) is 10.2 Å². The van der Waals surface area contributed by atoms with Crippen molar-refractivity contribution in [3.05, 3.63) is 54.6 Å². The second-order valence-electron chi connectivity index (χ2n) is 5.68. The third kappa shape index (κ3) is 2.46. The summed E-state index contributed by atoms with van der Waals surface area (Å²) >= 11 is 0. The Morgan fingerprint density at radius 3 is 2.56 bits per heavy atom. The van der Waals surface area contributed by atoms with E-state index in [1.807, 2.05) is 18.2 Å². The van der Waals surface area contributed by atoms with Gasteiger partial charge in [0, 0.05) is 5.39 Å². The molecule has 6 nitrogen and oxygen atoms in total. The smallest absolute Gasteiger partial charge is 0.323 e. The third-order valence-corrected chi connectivity index (χ3v) is 4.14. The first kappa shape index (κ1) is 15.1. The van der Waals surface area contributed by atoms with Crippen molar-refractivity contribution in [2.75, 3.05) is 5.73 Å². The number of rotatable bonds is 3. The SMILES string of the molecule is Nc1ncnc2c1c1cc(-c3ccc(F)cc3)ccc1n2CC(=O)O. The number of nitrogen functional groups attached to an aromatic ring is 1. The van der Waals surface area contributed by atoms with E-state index in [2.05, 4.69) is 9.97 Å². The van der Waals surface area contributed by atoms with Gasteiger partial charge in [-0.1, -0.05) is 18.2 Å². The molecule has 0 aliphatic rings. The molecule has 0 radical (unpaired) electrons. The van der Waals surface area contributed by atoms with Crippen molar-refractivity contribution >= 4 is 33.7 Å². The molecule has 2 aromatic heterocycles. The fourth-order valence-electron chi connectivity index (χ4n) is 3.06. The predicted molar refractivity (Wildman–Crippen MR) is 92.5 cm³/mol. The van der Waals surface area contributed by atoms with Crippen LogP contribution in [0.1, 0.15) is 0 Å². The van der Waals surface area contributed by atoms with Gasteiger partial charge in [-0.3, -0.25) is 4.79 Å². The maximum atomic E-state index is 13.1. The lowest BCUT2D eigenvalue weighted by molar-refractivity contribution is -0.137. The lowest BCUT2D eigenvalue weighted by Crippen LogP contribution is -2.09. The molecule has 2 aromatic carbocycles. The lowest BCUT2D eigenvalue weighted by atomic mass is 10.0. The Morgan fingerprint density at radius 2 is 1.84 bits per heavy atom. The van der Waals surface area contributed by atoms with E-state index in [1.165, 1.54) is 18.5 Å². The maximum absolute atomic E-state index is 13.1. The molecule has 4 aromatic rings. The molecule has 0 bridgehead atoms. The normalized spacial score (nSPS) is 11.2. The Bertz CT molecular complexity index is 1120. The summed E-state index contributed by atoms with van der Waals surface area (Å²) in [6.07, 6.45) is 1.32. The number of hydrogen-bond acceptors (Lipinski definition) is 4. The summed E-state index contributed by atoms with van der Waals surface area (Å²) in [7, 11) is 0. The monoisotopic (exact) mass is 336 g/mol. The Hall–Kier alpha value is -3.48. The third-order valence-electron chi connectivity index (χ3n) is 4.14. The number of halogens is 1. The summed E-state index contributed by atoms with van der Waals surface area (Å²) in [4.78, 5) is 19.5. The van der Waals surface area contributed by atoms with Gasteiger partial charge in [0.05, 0.1) is 10.9 Å². The maximum Gasteiger partial charge on any atom is 0.323 e. The second-order valence-corrected chi connectivity index (χ2v) is 5.68. The topological polar surface area (TPSA) is 94.0 Å². The number of carboxylic acid groups (broad SMARTS) is 1. The zero-order valence-electron chi connectivity index (χ0n) is 13.0. The number of anilines is 1. The van der Waals surface area contributed by atoms with Crippen LogP contribution in [-0.4, -0.2) is 25.6 Å². The van der Waals surface area contributed by atoms with E-state index in [1.54, 1.807) is 16.7 Å². The quantitative estimate of drug-likeness (QED) is 0.600. The molecule has 0 atom stereocenters. The molecule has 0 unspecified atom stereocenters. The van der Waals surface area contributed by atoms with Gasteiger partial charge >= 0.3 is 5.97 Å². The molecule has 0 spiro atoms. The van der Waals surface area contributed by atoms with Crippen molar-refractivity contribution in [3.63, 3.8) is 0 Å². The van der Waals surface area contributed by atoms with E-state index < -0.39 is 5.97 Å². The van der Waals surface area contributed by atoms with Crippen molar-refractivity contribution in [1.29, 1.82) is 0 Å². The fourth-order valence-corrected chi connectivity index (χ4v) is 3.06. The number of fused-ring (bicyclic) bond motifs is 3. The van der Waals surface area contributed by atoms with E-state index >= 15 is 0 Å². The van der Waals surface area contributed by atoms with Gasteiger partial charge in [-0.15, -0.1) is 0 Å². The van der Waals surface area contributed by atoms with Crippen LogP contribution >= 0.6 is 0 Å². The molecule has 25 heavy (non-hydrogen) atoms. The van der Waals surface area contributed by atoms with Crippen molar-refractivity contribution in [2.24, 2.45) is 0 Å². The summed E-state index contributed by atoms with van der Waals surface area (Å²) in [5, 5.41) is 10.6. The number of carboxylic acids is 1. The van der Waals surface area contributed by atoms with Crippen LogP contribution < -0.4 is 5.73 Å². The first-order chi connectivity index (χ1) is 12.0. The zero-order valence-corrected chi connectivity index (χ0v) is 13.0. The van der Waals surface area contributed by atoms with Crippen LogP contribution in [0.15, 0.2) is 48.8 Å².